The van der Waals surface area contributed by atoms with E-state index in [9.17, 15) is 18.0 Å². The third-order valence-electron chi connectivity index (χ3n) is 5.35. The van der Waals surface area contributed by atoms with E-state index in [1.54, 1.807) is 0 Å². The summed E-state index contributed by atoms with van der Waals surface area (Å²) in [6, 6.07) is 2.13. The summed E-state index contributed by atoms with van der Waals surface area (Å²) < 4.78 is 38.6. The van der Waals surface area contributed by atoms with Crippen molar-refractivity contribution in [1.29, 1.82) is 0 Å². The predicted octanol–water partition coefficient (Wildman–Crippen LogP) is 3.33. The molecule has 1 spiro atoms. The minimum absolute atomic E-state index is 0.113. The molecule has 1 amide bonds. The number of piperidine rings is 2. The molecule has 1 aromatic rings. The molecule has 0 N–H and O–H groups in total. The molecule has 2 saturated heterocycles. The number of rotatable bonds is 2. The first-order chi connectivity index (χ1) is 11.3. The summed E-state index contributed by atoms with van der Waals surface area (Å²) in [7, 11) is 0. The van der Waals surface area contributed by atoms with Crippen LogP contribution < -0.4 is 4.90 Å². The van der Waals surface area contributed by atoms with Gasteiger partial charge in [0.25, 0.3) is 0 Å². The van der Waals surface area contributed by atoms with E-state index < -0.39 is 11.7 Å². The number of nitrogens with zero attached hydrogens (tertiary/aromatic N) is 3. The van der Waals surface area contributed by atoms with Crippen LogP contribution in [0.2, 0.25) is 0 Å². The lowest BCUT2D eigenvalue weighted by Gasteiger charge is -2.47. The van der Waals surface area contributed by atoms with Gasteiger partial charge in [0.2, 0.25) is 5.91 Å². The minimum atomic E-state index is -4.35. The van der Waals surface area contributed by atoms with Crippen LogP contribution in [-0.2, 0) is 11.0 Å². The zero-order chi connectivity index (χ0) is 17.4. The molecule has 3 heterocycles. The second-order valence-electron chi connectivity index (χ2n) is 6.80. The number of likely N-dealkylation sites (tertiary alicyclic amines) is 1. The van der Waals surface area contributed by atoms with Crippen LogP contribution in [0, 0.1) is 5.41 Å². The number of carbonyl (C=O) groups is 1. The van der Waals surface area contributed by atoms with E-state index in [0.29, 0.717) is 25.3 Å². The van der Waals surface area contributed by atoms with Gasteiger partial charge in [0, 0.05) is 38.8 Å². The smallest absolute Gasteiger partial charge is 0.357 e. The van der Waals surface area contributed by atoms with Gasteiger partial charge in [0.05, 0.1) is 5.56 Å². The average Bonchev–Trinajstić information content (AvgIpc) is 2.57. The van der Waals surface area contributed by atoms with Crippen molar-refractivity contribution in [2.75, 3.05) is 31.1 Å². The fourth-order valence-corrected chi connectivity index (χ4v) is 3.78. The molecule has 0 bridgehead atoms. The molecule has 0 unspecified atom stereocenters. The Bertz CT molecular complexity index is 609. The lowest BCUT2D eigenvalue weighted by molar-refractivity contribution is -0.138. The molecule has 7 heteroatoms. The summed E-state index contributed by atoms with van der Waals surface area (Å²) in [6.07, 6.45) is 0.103. The first kappa shape index (κ1) is 17.0. The fourth-order valence-electron chi connectivity index (χ4n) is 3.78. The van der Waals surface area contributed by atoms with Gasteiger partial charge in [-0.15, -0.1) is 0 Å². The van der Waals surface area contributed by atoms with Gasteiger partial charge >= 0.3 is 6.18 Å². The Morgan fingerprint density at radius 3 is 2.58 bits per heavy atom. The van der Waals surface area contributed by atoms with Crippen LogP contribution in [0.1, 0.15) is 38.2 Å². The van der Waals surface area contributed by atoms with Crippen molar-refractivity contribution in [3.63, 3.8) is 0 Å². The largest absolute Gasteiger partial charge is 0.416 e. The molecule has 3 rings (SSSR count). The van der Waals surface area contributed by atoms with Gasteiger partial charge in [0.15, 0.2) is 0 Å². The van der Waals surface area contributed by atoms with Crippen molar-refractivity contribution in [3.8, 4) is 0 Å². The lowest BCUT2D eigenvalue weighted by atomic mass is 9.72. The maximum absolute atomic E-state index is 12.9. The number of alkyl halides is 3. The van der Waals surface area contributed by atoms with Gasteiger partial charge in [-0.2, -0.15) is 13.2 Å². The van der Waals surface area contributed by atoms with Gasteiger partial charge in [-0.3, -0.25) is 4.79 Å². The monoisotopic (exact) mass is 341 g/mol. The second kappa shape index (κ2) is 6.26. The van der Waals surface area contributed by atoms with Crippen LogP contribution in [0.5, 0.6) is 0 Å². The van der Waals surface area contributed by atoms with Gasteiger partial charge in [-0.05, 0) is 43.7 Å². The summed E-state index contributed by atoms with van der Waals surface area (Å²) in [5.74, 6) is 0.601. The first-order valence-corrected chi connectivity index (χ1v) is 8.39. The number of carbonyl (C=O) groups excluding carboxylic acids is 1. The zero-order valence-electron chi connectivity index (χ0n) is 13.8. The molecule has 24 heavy (non-hydrogen) atoms. The summed E-state index contributed by atoms with van der Waals surface area (Å²) >= 11 is 0. The highest BCUT2D eigenvalue weighted by Gasteiger charge is 2.41. The summed E-state index contributed by atoms with van der Waals surface area (Å²) in [5, 5.41) is 0. The van der Waals surface area contributed by atoms with E-state index >= 15 is 0 Å². The van der Waals surface area contributed by atoms with Crippen LogP contribution in [0.3, 0.4) is 0 Å². The van der Waals surface area contributed by atoms with Gasteiger partial charge in [0.1, 0.15) is 5.82 Å². The third kappa shape index (κ3) is 3.35. The predicted molar refractivity (Wildman–Crippen MR) is 84.6 cm³/mol. The van der Waals surface area contributed by atoms with Crippen molar-refractivity contribution in [2.24, 2.45) is 5.41 Å². The molecule has 2 aliphatic heterocycles. The normalized spacial score (nSPS) is 21.4. The fraction of sp³-hybridized carbons (Fsp3) is 0.647. The topological polar surface area (TPSA) is 36.4 Å². The second-order valence-corrected chi connectivity index (χ2v) is 6.80. The Morgan fingerprint density at radius 1 is 1.25 bits per heavy atom. The Hall–Kier alpha value is -1.79. The number of pyridine rings is 1. The number of aromatic nitrogens is 1. The van der Waals surface area contributed by atoms with Crippen molar-refractivity contribution < 1.29 is 18.0 Å². The molecule has 2 aliphatic rings. The summed E-state index contributed by atoms with van der Waals surface area (Å²) in [4.78, 5) is 19.8. The van der Waals surface area contributed by atoms with Crippen LogP contribution in [0.4, 0.5) is 19.0 Å². The van der Waals surface area contributed by atoms with E-state index in [2.05, 4.69) is 4.98 Å². The minimum Gasteiger partial charge on any atom is -0.357 e. The van der Waals surface area contributed by atoms with Gasteiger partial charge in [-0.25, -0.2) is 4.98 Å². The maximum Gasteiger partial charge on any atom is 0.416 e. The van der Waals surface area contributed by atoms with Crippen LogP contribution in [0.15, 0.2) is 18.3 Å². The lowest BCUT2D eigenvalue weighted by Crippen LogP contribution is -2.51. The van der Waals surface area contributed by atoms with Gasteiger partial charge in [-0.1, -0.05) is 0 Å². The van der Waals surface area contributed by atoms with Crippen molar-refractivity contribution in [3.05, 3.63) is 23.9 Å². The Kier molecular flexibility index (Phi) is 4.44. The zero-order valence-corrected chi connectivity index (χ0v) is 13.8. The molecule has 1 aromatic heterocycles. The molecule has 4 nitrogen and oxygen atoms in total. The quantitative estimate of drug-likeness (QED) is 0.828. The van der Waals surface area contributed by atoms with E-state index in [4.69, 9.17) is 0 Å². The number of halogens is 3. The molecule has 0 atom stereocenters. The van der Waals surface area contributed by atoms with E-state index in [0.717, 1.165) is 44.5 Å². The highest BCUT2D eigenvalue weighted by molar-refractivity contribution is 5.77. The van der Waals surface area contributed by atoms with Gasteiger partial charge < -0.3 is 9.80 Å². The third-order valence-corrected chi connectivity index (χ3v) is 5.35. The summed E-state index contributed by atoms with van der Waals surface area (Å²) in [6.45, 7) is 4.84. The van der Waals surface area contributed by atoms with Crippen molar-refractivity contribution >= 4 is 11.7 Å². The SMILES string of the molecule is CCN1CC2(CCC1=O)CCN(c1cc(C(F)(F)F)ccn1)CC2. The first-order valence-electron chi connectivity index (χ1n) is 8.39. The maximum atomic E-state index is 12.9. The van der Waals surface area contributed by atoms with E-state index in [-0.39, 0.29) is 11.3 Å². The Labute approximate surface area is 139 Å². The molecule has 0 saturated carbocycles. The average molecular weight is 341 g/mol. The molecule has 132 valence electrons. The molecular formula is C17H22F3N3O. The molecule has 0 aromatic carbocycles. The molecular weight excluding hydrogens is 319 g/mol. The van der Waals surface area contributed by atoms with Crippen molar-refractivity contribution in [2.45, 2.75) is 38.8 Å². The van der Waals surface area contributed by atoms with Crippen LogP contribution >= 0.6 is 0 Å². The Morgan fingerprint density at radius 2 is 1.96 bits per heavy atom. The Balaban J connectivity index is 1.68. The molecule has 2 fully saturated rings. The standard InChI is InChI=1S/C17H22F3N3O/c1-2-22-12-16(5-3-15(22)24)6-9-23(10-7-16)14-11-13(4-8-21-14)17(18,19)20/h4,8,11H,2-3,5-7,9-10,12H2,1H3. The van der Waals surface area contributed by atoms with Crippen LogP contribution in [0.25, 0.3) is 0 Å². The van der Waals surface area contributed by atoms with Crippen LogP contribution in [-0.4, -0.2) is 42.0 Å². The van der Waals surface area contributed by atoms with E-state index in [1.807, 2.05) is 16.7 Å². The number of hydrogen-bond donors (Lipinski definition) is 0. The van der Waals surface area contributed by atoms with Crippen molar-refractivity contribution in [1.82, 2.24) is 9.88 Å². The molecule has 0 aliphatic carbocycles. The molecule has 0 radical (unpaired) electrons. The number of amides is 1. The number of anilines is 1. The highest BCUT2D eigenvalue weighted by atomic mass is 19.4. The highest BCUT2D eigenvalue weighted by Crippen LogP contribution is 2.41. The summed E-state index contributed by atoms with van der Waals surface area (Å²) in [5.41, 5.74) is -0.546. The number of hydrogen-bond acceptors (Lipinski definition) is 3. The van der Waals surface area contributed by atoms with E-state index in [1.165, 1.54) is 6.20 Å².